The van der Waals surface area contributed by atoms with Gasteiger partial charge in [0, 0.05) is 40.2 Å². The second-order valence-corrected chi connectivity index (χ2v) is 11.5. The standard InChI is InChI=1S/C30H32Cl2N2O2/c1-20-14-22(4-5-27(20)36-3)30-10-7-29(8-11-30,9-12-30)19-34(25-16-23(31)15-24(32)17-25)28(35)26-6-13-33-18-21(26)2/h4-6,13-18H,7-12,19H2,1-3H3. The summed E-state index contributed by atoms with van der Waals surface area (Å²) in [7, 11) is 1.73. The molecule has 0 unspecified atom stereocenters. The Morgan fingerprint density at radius 3 is 2.19 bits per heavy atom. The second kappa shape index (κ2) is 9.72. The van der Waals surface area contributed by atoms with Gasteiger partial charge in [-0.15, -0.1) is 0 Å². The third kappa shape index (κ3) is 4.62. The van der Waals surface area contributed by atoms with E-state index in [2.05, 4.69) is 30.1 Å². The highest BCUT2D eigenvalue weighted by Gasteiger charge is 2.50. The minimum absolute atomic E-state index is 0.0317. The van der Waals surface area contributed by atoms with Gasteiger partial charge in [0.1, 0.15) is 5.75 Å². The summed E-state index contributed by atoms with van der Waals surface area (Å²) >= 11 is 12.7. The molecule has 2 bridgehead atoms. The number of carbonyl (C=O) groups is 1. The molecule has 0 N–H and O–H groups in total. The van der Waals surface area contributed by atoms with Crippen LogP contribution in [-0.2, 0) is 5.41 Å². The van der Waals surface area contributed by atoms with Gasteiger partial charge in [-0.05, 0) is 110 Å². The fourth-order valence-electron chi connectivity index (χ4n) is 6.31. The average molecular weight is 524 g/mol. The van der Waals surface area contributed by atoms with Crippen LogP contribution >= 0.6 is 23.2 Å². The van der Waals surface area contributed by atoms with Crippen LogP contribution < -0.4 is 9.64 Å². The third-order valence-electron chi connectivity index (χ3n) is 8.56. The van der Waals surface area contributed by atoms with Gasteiger partial charge in [-0.2, -0.15) is 0 Å². The number of hydrogen-bond acceptors (Lipinski definition) is 3. The minimum Gasteiger partial charge on any atom is -0.496 e. The van der Waals surface area contributed by atoms with E-state index in [0.717, 1.165) is 55.5 Å². The molecule has 6 heteroatoms. The van der Waals surface area contributed by atoms with Crippen LogP contribution in [0.5, 0.6) is 5.75 Å². The maximum atomic E-state index is 13.9. The fraction of sp³-hybridized carbons (Fsp3) is 0.400. The van der Waals surface area contributed by atoms with E-state index in [1.165, 1.54) is 11.1 Å². The van der Waals surface area contributed by atoms with Crippen molar-refractivity contribution in [3.8, 4) is 5.75 Å². The van der Waals surface area contributed by atoms with Crippen molar-refractivity contribution < 1.29 is 9.53 Å². The van der Waals surface area contributed by atoms with Crippen molar-refractivity contribution in [2.45, 2.75) is 57.8 Å². The first-order valence-corrected chi connectivity index (χ1v) is 13.3. The molecule has 1 aromatic heterocycles. The van der Waals surface area contributed by atoms with Gasteiger partial charge in [0.15, 0.2) is 0 Å². The molecule has 1 amide bonds. The summed E-state index contributed by atoms with van der Waals surface area (Å²) in [5.74, 6) is 0.910. The molecule has 3 aromatic rings. The van der Waals surface area contributed by atoms with Crippen LogP contribution in [0.2, 0.25) is 10.0 Å². The zero-order chi connectivity index (χ0) is 25.5. The van der Waals surface area contributed by atoms with Gasteiger partial charge >= 0.3 is 0 Å². The van der Waals surface area contributed by atoms with E-state index in [4.69, 9.17) is 27.9 Å². The number of ether oxygens (including phenoxy) is 1. The van der Waals surface area contributed by atoms with Crippen LogP contribution in [-0.4, -0.2) is 24.5 Å². The van der Waals surface area contributed by atoms with Crippen LogP contribution in [0, 0.1) is 19.3 Å². The van der Waals surface area contributed by atoms with Gasteiger partial charge in [0.05, 0.1) is 7.11 Å². The molecule has 1 heterocycles. The number of halogens is 2. The predicted molar refractivity (Wildman–Crippen MR) is 147 cm³/mol. The number of carbonyl (C=O) groups excluding carboxylic acids is 1. The largest absolute Gasteiger partial charge is 0.496 e. The normalized spacial score (nSPS) is 22.9. The number of anilines is 1. The zero-order valence-corrected chi connectivity index (χ0v) is 22.6. The van der Waals surface area contributed by atoms with Crippen LogP contribution in [0.1, 0.15) is 65.6 Å². The maximum Gasteiger partial charge on any atom is 0.258 e. The number of aromatic nitrogens is 1. The van der Waals surface area contributed by atoms with Crippen LogP contribution in [0.4, 0.5) is 5.69 Å². The lowest BCUT2D eigenvalue weighted by atomic mass is 9.51. The van der Waals surface area contributed by atoms with Gasteiger partial charge in [-0.1, -0.05) is 35.3 Å². The van der Waals surface area contributed by atoms with E-state index in [0.29, 0.717) is 22.2 Å². The van der Waals surface area contributed by atoms with Crippen LogP contribution in [0.3, 0.4) is 0 Å². The molecule has 4 nitrogen and oxygen atoms in total. The van der Waals surface area contributed by atoms with Gasteiger partial charge < -0.3 is 9.64 Å². The average Bonchev–Trinajstić information content (AvgIpc) is 2.88. The molecule has 36 heavy (non-hydrogen) atoms. The summed E-state index contributed by atoms with van der Waals surface area (Å²) in [5.41, 5.74) is 5.18. The first-order valence-electron chi connectivity index (χ1n) is 12.6. The summed E-state index contributed by atoms with van der Waals surface area (Å²) in [5, 5.41) is 1.06. The van der Waals surface area contributed by atoms with Gasteiger partial charge in [-0.25, -0.2) is 0 Å². The van der Waals surface area contributed by atoms with Crippen molar-refractivity contribution >= 4 is 34.8 Å². The highest BCUT2D eigenvalue weighted by Crippen LogP contribution is 2.58. The van der Waals surface area contributed by atoms with Gasteiger partial charge in [0.2, 0.25) is 0 Å². The van der Waals surface area contributed by atoms with Crippen molar-refractivity contribution in [1.29, 1.82) is 0 Å². The lowest BCUT2D eigenvalue weighted by Gasteiger charge is -2.55. The first kappa shape index (κ1) is 25.1. The quantitative estimate of drug-likeness (QED) is 0.329. The number of hydrogen-bond donors (Lipinski definition) is 0. The Kier molecular flexibility index (Phi) is 6.78. The Morgan fingerprint density at radius 1 is 0.944 bits per heavy atom. The summed E-state index contributed by atoms with van der Waals surface area (Å²) in [6, 6.07) is 13.9. The summed E-state index contributed by atoms with van der Waals surface area (Å²) < 4.78 is 5.49. The number of aryl methyl sites for hydroxylation is 2. The Hall–Kier alpha value is -2.56. The molecule has 0 saturated heterocycles. The summed E-state index contributed by atoms with van der Waals surface area (Å²) in [6.45, 7) is 4.70. The number of amides is 1. The SMILES string of the molecule is COc1ccc(C23CCC(CN(C(=O)c4ccncc4C)c4cc(Cl)cc(Cl)c4)(CC2)CC3)cc1C. The molecular formula is C30H32Cl2N2O2. The Labute approximate surface area is 223 Å². The zero-order valence-electron chi connectivity index (χ0n) is 21.1. The lowest BCUT2D eigenvalue weighted by Crippen LogP contribution is -2.50. The monoisotopic (exact) mass is 522 g/mol. The molecular weight excluding hydrogens is 491 g/mol. The predicted octanol–water partition coefficient (Wildman–Crippen LogP) is 7.95. The molecule has 0 atom stereocenters. The number of benzene rings is 2. The van der Waals surface area contributed by atoms with E-state index in [-0.39, 0.29) is 16.7 Å². The molecule has 3 saturated carbocycles. The van der Waals surface area contributed by atoms with E-state index >= 15 is 0 Å². The van der Waals surface area contributed by atoms with E-state index < -0.39 is 0 Å². The molecule has 188 valence electrons. The van der Waals surface area contributed by atoms with Crippen molar-refractivity contribution in [3.05, 3.63) is 87.2 Å². The third-order valence-corrected chi connectivity index (χ3v) is 8.99. The summed E-state index contributed by atoms with van der Waals surface area (Å²) in [6.07, 6.45) is 10.1. The first-order chi connectivity index (χ1) is 17.2. The molecule has 6 rings (SSSR count). The Bertz CT molecular complexity index is 1260. The summed E-state index contributed by atoms with van der Waals surface area (Å²) in [4.78, 5) is 20.0. The second-order valence-electron chi connectivity index (χ2n) is 10.7. The Balaban J connectivity index is 1.44. The lowest BCUT2D eigenvalue weighted by molar-refractivity contribution is 0.0441. The molecule has 3 aliphatic carbocycles. The van der Waals surface area contributed by atoms with Gasteiger partial charge in [0.25, 0.3) is 5.91 Å². The van der Waals surface area contributed by atoms with E-state index in [9.17, 15) is 4.79 Å². The molecule has 0 aliphatic heterocycles. The van der Waals surface area contributed by atoms with Crippen LogP contribution in [0.25, 0.3) is 0 Å². The molecule has 2 aromatic carbocycles. The highest BCUT2D eigenvalue weighted by atomic mass is 35.5. The number of pyridine rings is 1. The number of methoxy groups -OCH3 is 1. The Morgan fingerprint density at radius 2 is 1.61 bits per heavy atom. The van der Waals surface area contributed by atoms with Crippen molar-refractivity contribution in [2.75, 3.05) is 18.6 Å². The molecule has 0 radical (unpaired) electrons. The maximum absolute atomic E-state index is 13.9. The molecule has 3 fully saturated rings. The molecule has 3 aliphatic rings. The number of fused-ring (bicyclic) bond motifs is 3. The van der Waals surface area contributed by atoms with E-state index in [1.54, 1.807) is 31.6 Å². The van der Waals surface area contributed by atoms with Crippen molar-refractivity contribution in [1.82, 2.24) is 4.98 Å². The highest BCUT2D eigenvalue weighted by molar-refractivity contribution is 6.35. The van der Waals surface area contributed by atoms with Crippen molar-refractivity contribution in [2.24, 2.45) is 5.41 Å². The smallest absolute Gasteiger partial charge is 0.258 e. The van der Waals surface area contributed by atoms with Crippen LogP contribution in [0.15, 0.2) is 54.9 Å². The number of nitrogens with zero attached hydrogens (tertiary/aromatic N) is 2. The van der Waals surface area contributed by atoms with Crippen molar-refractivity contribution in [3.63, 3.8) is 0 Å². The number of rotatable bonds is 6. The minimum atomic E-state index is -0.0317. The topological polar surface area (TPSA) is 42.4 Å². The van der Waals surface area contributed by atoms with E-state index in [1.807, 2.05) is 24.0 Å². The molecule has 0 spiro atoms. The fourth-order valence-corrected chi connectivity index (χ4v) is 6.83. The van der Waals surface area contributed by atoms with Gasteiger partial charge in [-0.3, -0.25) is 9.78 Å².